The molecule has 0 spiro atoms. The van der Waals surface area contributed by atoms with Gasteiger partial charge in [-0.3, -0.25) is 5.10 Å². The Hall–Kier alpha value is -0.850. The molecule has 8 heteroatoms. The summed E-state index contributed by atoms with van der Waals surface area (Å²) >= 11 is 5.06. The molecule has 1 aromatic heterocycles. The highest BCUT2D eigenvalue weighted by Gasteiger charge is 2.60. The van der Waals surface area contributed by atoms with Crippen LogP contribution in [0.4, 0.5) is 22.0 Å². The zero-order valence-electron chi connectivity index (χ0n) is 5.79. The number of nitrogens with one attached hydrogen (secondary N) is 1. The average molecular weight is 221 g/mol. The molecular formula is C5H2ClF5N2. The Balaban J connectivity index is 3.15. The summed E-state index contributed by atoms with van der Waals surface area (Å²) in [5, 5.41) is 3.72. The second-order valence-electron chi connectivity index (χ2n) is 2.17. The number of alkyl halides is 5. The van der Waals surface area contributed by atoms with Crippen LogP contribution in [-0.2, 0) is 5.92 Å². The first kappa shape index (κ1) is 10.2. The molecule has 0 saturated heterocycles. The van der Waals surface area contributed by atoms with Crippen LogP contribution >= 0.6 is 11.6 Å². The minimum atomic E-state index is -5.68. The Morgan fingerprint density at radius 1 is 1.23 bits per heavy atom. The molecule has 0 saturated carbocycles. The molecule has 0 atom stereocenters. The fraction of sp³-hybridized carbons (Fsp3) is 0.400. The Kier molecular flexibility index (Phi) is 2.23. The number of halogens is 6. The van der Waals surface area contributed by atoms with Crippen LogP contribution < -0.4 is 0 Å². The van der Waals surface area contributed by atoms with E-state index in [2.05, 4.69) is 5.10 Å². The molecule has 1 heterocycles. The van der Waals surface area contributed by atoms with Gasteiger partial charge in [0.05, 0.1) is 11.2 Å². The quantitative estimate of drug-likeness (QED) is 0.725. The Morgan fingerprint density at radius 2 is 1.77 bits per heavy atom. The molecule has 1 N–H and O–H groups in total. The van der Waals surface area contributed by atoms with Gasteiger partial charge in [-0.15, -0.1) is 0 Å². The largest absolute Gasteiger partial charge is 0.459 e. The molecule has 0 fully saturated rings. The maximum Gasteiger partial charge on any atom is 0.459 e. The van der Waals surface area contributed by atoms with Gasteiger partial charge < -0.3 is 0 Å². The van der Waals surface area contributed by atoms with Gasteiger partial charge in [-0.2, -0.15) is 27.1 Å². The van der Waals surface area contributed by atoms with Crippen molar-refractivity contribution in [2.45, 2.75) is 12.1 Å². The molecule has 13 heavy (non-hydrogen) atoms. The first-order valence-electron chi connectivity index (χ1n) is 2.90. The molecule has 0 bridgehead atoms. The Morgan fingerprint density at radius 3 is 2.08 bits per heavy atom. The first-order valence-corrected chi connectivity index (χ1v) is 3.28. The molecular weight excluding hydrogens is 219 g/mol. The summed E-state index contributed by atoms with van der Waals surface area (Å²) in [4.78, 5) is 0. The van der Waals surface area contributed by atoms with Crippen molar-refractivity contribution >= 4 is 11.6 Å². The predicted molar refractivity (Wildman–Crippen MR) is 33.5 cm³/mol. The van der Waals surface area contributed by atoms with Gasteiger partial charge in [0.15, 0.2) is 0 Å². The smallest absolute Gasteiger partial charge is 0.275 e. The maximum absolute atomic E-state index is 12.5. The van der Waals surface area contributed by atoms with Crippen LogP contribution in [0.5, 0.6) is 0 Å². The van der Waals surface area contributed by atoms with Gasteiger partial charge in [-0.25, -0.2) is 0 Å². The van der Waals surface area contributed by atoms with Crippen LogP contribution in [-0.4, -0.2) is 16.4 Å². The summed E-state index contributed by atoms with van der Waals surface area (Å²) in [7, 11) is 0. The normalized spacial score (nSPS) is 13.4. The van der Waals surface area contributed by atoms with Crippen molar-refractivity contribution in [2.24, 2.45) is 0 Å². The summed E-state index contributed by atoms with van der Waals surface area (Å²) in [6, 6.07) is 0. The highest BCUT2D eigenvalue weighted by atomic mass is 35.5. The van der Waals surface area contributed by atoms with Crippen molar-refractivity contribution in [1.82, 2.24) is 10.2 Å². The van der Waals surface area contributed by atoms with E-state index < -0.39 is 22.8 Å². The Bertz CT molecular complexity index is 304. The Labute approximate surface area is 73.7 Å². The fourth-order valence-corrected chi connectivity index (χ4v) is 0.843. The van der Waals surface area contributed by atoms with Crippen molar-refractivity contribution in [3.8, 4) is 0 Å². The van der Waals surface area contributed by atoms with Crippen molar-refractivity contribution < 1.29 is 22.0 Å². The second-order valence-corrected chi connectivity index (χ2v) is 2.57. The van der Waals surface area contributed by atoms with E-state index >= 15 is 0 Å². The average Bonchev–Trinajstić information content (AvgIpc) is 2.32. The predicted octanol–water partition coefficient (Wildman–Crippen LogP) is 2.72. The van der Waals surface area contributed by atoms with Gasteiger partial charge in [0.1, 0.15) is 5.69 Å². The summed E-state index contributed by atoms with van der Waals surface area (Å²) in [5.41, 5.74) is -1.44. The van der Waals surface area contributed by atoms with E-state index in [9.17, 15) is 22.0 Å². The minimum Gasteiger partial charge on any atom is -0.275 e. The van der Waals surface area contributed by atoms with E-state index in [0.717, 1.165) is 0 Å². The number of aromatic nitrogens is 2. The number of H-pyrrole nitrogens is 1. The van der Waals surface area contributed by atoms with E-state index in [1.165, 1.54) is 5.10 Å². The lowest BCUT2D eigenvalue weighted by Crippen LogP contribution is -2.34. The molecule has 0 radical (unpaired) electrons. The lowest BCUT2D eigenvalue weighted by molar-refractivity contribution is -0.290. The van der Waals surface area contributed by atoms with Gasteiger partial charge in [0.25, 0.3) is 0 Å². The molecule has 0 unspecified atom stereocenters. The van der Waals surface area contributed by atoms with Crippen molar-refractivity contribution in [3.63, 3.8) is 0 Å². The van der Waals surface area contributed by atoms with Crippen LogP contribution in [0.1, 0.15) is 5.69 Å². The van der Waals surface area contributed by atoms with Crippen LogP contribution in [0, 0.1) is 0 Å². The summed E-state index contributed by atoms with van der Waals surface area (Å²) in [6.07, 6.45) is -5.00. The minimum absolute atomic E-state index is 0.677. The maximum atomic E-state index is 12.5. The number of aromatic amines is 1. The third-order valence-corrected chi connectivity index (χ3v) is 1.55. The number of hydrogen-bond donors (Lipinski definition) is 1. The van der Waals surface area contributed by atoms with Crippen LogP contribution in [0.25, 0.3) is 0 Å². The van der Waals surface area contributed by atoms with E-state index in [4.69, 9.17) is 11.6 Å². The van der Waals surface area contributed by atoms with Gasteiger partial charge in [-0.05, 0) is 0 Å². The SMILES string of the molecule is FC(F)(F)C(F)(F)c1[nH]ncc1Cl. The van der Waals surface area contributed by atoms with Gasteiger partial charge in [0.2, 0.25) is 0 Å². The lowest BCUT2D eigenvalue weighted by atomic mass is 10.2. The molecule has 74 valence electrons. The standard InChI is InChI=1S/C5H2ClF5N2/c6-2-1-12-13-3(2)4(7,8)5(9,10)11/h1H,(H,12,13). The van der Waals surface area contributed by atoms with Gasteiger partial charge in [-0.1, -0.05) is 11.6 Å². The second kappa shape index (κ2) is 2.83. The highest BCUT2D eigenvalue weighted by Crippen LogP contribution is 2.44. The lowest BCUT2D eigenvalue weighted by Gasteiger charge is -2.17. The summed E-state index contributed by atoms with van der Waals surface area (Å²) < 4.78 is 60.1. The zero-order chi connectivity index (χ0) is 10.3. The zero-order valence-corrected chi connectivity index (χ0v) is 6.55. The van der Waals surface area contributed by atoms with Crippen molar-refractivity contribution in [2.75, 3.05) is 0 Å². The highest BCUT2D eigenvalue weighted by molar-refractivity contribution is 6.31. The van der Waals surface area contributed by atoms with E-state index in [1.807, 2.05) is 0 Å². The fourth-order valence-electron chi connectivity index (χ4n) is 0.633. The van der Waals surface area contributed by atoms with E-state index in [1.54, 1.807) is 0 Å². The molecule has 1 rings (SSSR count). The molecule has 0 aliphatic rings. The van der Waals surface area contributed by atoms with Crippen molar-refractivity contribution in [3.05, 3.63) is 16.9 Å². The molecule has 0 aliphatic carbocycles. The van der Waals surface area contributed by atoms with E-state index in [-0.39, 0.29) is 0 Å². The molecule has 2 nitrogen and oxygen atoms in total. The third kappa shape index (κ3) is 1.60. The number of rotatable bonds is 1. The van der Waals surface area contributed by atoms with Crippen LogP contribution in [0.15, 0.2) is 6.20 Å². The van der Waals surface area contributed by atoms with Crippen LogP contribution in [0.2, 0.25) is 5.02 Å². The van der Waals surface area contributed by atoms with E-state index in [0.29, 0.717) is 6.20 Å². The first-order chi connectivity index (χ1) is 5.77. The van der Waals surface area contributed by atoms with Crippen molar-refractivity contribution in [1.29, 1.82) is 0 Å². The molecule has 1 aromatic rings. The van der Waals surface area contributed by atoms with Crippen LogP contribution in [0.3, 0.4) is 0 Å². The summed E-state index contributed by atoms with van der Waals surface area (Å²) in [6.45, 7) is 0. The molecule has 0 amide bonds. The third-order valence-electron chi connectivity index (χ3n) is 1.26. The topological polar surface area (TPSA) is 28.7 Å². The number of hydrogen-bond acceptors (Lipinski definition) is 1. The van der Waals surface area contributed by atoms with Gasteiger partial charge in [0, 0.05) is 0 Å². The summed E-state index contributed by atoms with van der Waals surface area (Å²) in [5.74, 6) is -5.00. The van der Waals surface area contributed by atoms with Gasteiger partial charge >= 0.3 is 12.1 Å². The number of nitrogens with zero attached hydrogens (tertiary/aromatic N) is 1. The molecule has 0 aliphatic heterocycles. The monoisotopic (exact) mass is 220 g/mol. The molecule has 0 aromatic carbocycles.